The van der Waals surface area contributed by atoms with E-state index < -0.39 is 0 Å². The first-order chi connectivity index (χ1) is 10.2. The summed E-state index contributed by atoms with van der Waals surface area (Å²) in [5, 5.41) is 5.99. The minimum atomic E-state index is -0.151. The Bertz CT molecular complexity index is 438. The number of anilines is 2. The summed E-state index contributed by atoms with van der Waals surface area (Å²) in [6.45, 7) is 5.18. The Kier molecular flexibility index (Phi) is 8.23. The Balaban J connectivity index is 2.45. The largest absolute Gasteiger partial charge is 0.397 e. The highest BCUT2D eigenvalue weighted by molar-refractivity contribution is 5.96. The molecule has 0 saturated heterocycles. The summed E-state index contributed by atoms with van der Waals surface area (Å²) in [5.41, 5.74) is 7.90. The molecular formula is C15H25N3O3. The molecular weight excluding hydrogens is 270 g/mol. The van der Waals surface area contributed by atoms with Crippen LogP contribution in [0.15, 0.2) is 18.2 Å². The van der Waals surface area contributed by atoms with Gasteiger partial charge in [-0.25, -0.2) is 0 Å². The summed E-state index contributed by atoms with van der Waals surface area (Å²) < 4.78 is 10.1. The molecule has 0 aliphatic heterocycles. The molecule has 1 rings (SSSR count). The van der Waals surface area contributed by atoms with Crippen LogP contribution in [-0.4, -0.2) is 45.9 Å². The molecule has 0 radical (unpaired) electrons. The maximum Gasteiger partial charge on any atom is 0.251 e. The number of nitrogens with one attached hydrogen (secondary N) is 2. The normalized spacial score (nSPS) is 10.4. The van der Waals surface area contributed by atoms with Crippen molar-refractivity contribution in [3.8, 4) is 0 Å². The summed E-state index contributed by atoms with van der Waals surface area (Å²) in [6.07, 6.45) is 0.909. The fourth-order valence-corrected chi connectivity index (χ4v) is 1.78. The number of carbonyl (C=O) groups excluding carboxylic acids is 1. The van der Waals surface area contributed by atoms with Crippen LogP contribution in [0.3, 0.4) is 0 Å². The minimum absolute atomic E-state index is 0.151. The first-order valence-electron chi connectivity index (χ1n) is 7.17. The van der Waals surface area contributed by atoms with Crippen molar-refractivity contribution in [2.45, 2.75) is 13.3 Å². The molecule has 0 unspecified atom stereocenters. The Morgan fingerprint density at radius 1 is 1.29 bits per heavy atom. The number of amides is 1. The SMILES string of the molecule is CCOCCCNc1ccc(C(=O)NCCOC)cc1N. The van der Waals surface area contributed by atoms with Crippen molar-refractivity contribution in [1.29, 1.82) is 0 Å². The van der Waals surface area contributed by atoms with Crippen LogP contribution >= 0.6 is 0 Å². The lowest BCUT2D eigenvalue weighted by Gasteiger charge is -2.11. The molecule has 6 nitrogen and oxygen atoms in total. The van der Waals surface area contributed by atoms with Crippen LogP contribution in [0, 0.1) is 0 Å². The van der Waals surface area contributed by atoms with E-state index in [4.69, 9.17) is 15.2 Å². The molecule has 1 aromatic rings. The highest BCUT2D eigenvalue weighted by Gasteiger charge is 2.07. The van der Waals surface area contributed by atoms with Crippen molar-refractivity contribution in [3.63, 3.8) is 0 Å². The maximum absolute atomic E-state index is 11.9. The van der Waals surface area contributed by atoms with Crippen LogP contribution < -0.4 is 16.4 Å². The molecule has 118 valence electrons. The van der Waals surface area contributed by atoms with Crippen LogP contribution in [0.25, 0.3) is 0 Å². The number of ether oxygens (including phenoxy) is 2. The zero-order chi connectivity index (χ0) is 15.5. The highest BCUT2D eigenvalue weighted by atomic mass is 16.5. The fourth-order valence-electron chi connectivity index (χ4n) is 1.78. The van der Waals surface area contributed by atoms with Crippen LogP contribution in [-0.2, 0) is 9.47 Å². The molecule has 1 amide bonds. The summed E-state index contributed by atoms with van der Waals surface area (Å²) in [6, 6.07) is 5.25. The van der Waals surface area contributed by atoms with Crippen molar-refractivity contribution < 1.29 is 14.3 Å². The second-order valence-electron chi connectivity index (χ2n) is 4.53. The van der Waals surface area contributed by atoms with Crippen LogP contribution in [0.1, 0.15) is 23.7 Å². The lowest BCUT2D eigenvalue weighted by Crippen LogP contribution is -2.27. The molecule has 1 aromatic carbocycles. The number of hydrogen-bond acceptors (Lipinski definition) is 5. The number of rotatable bonds is 10. The first kappa shape index (κ1) is 17.3. The van der Waals surface area contributed by atoms with E-state index in [0.29, 0.717) is 24.4 Å². The molecule has 0 saturated carbocycles. The molecule has 0 bridgehead atoms. The second-order valence-corrected chi connectivity index (χ2v) is 4.53. The van der Waals surface area contributed by atoms with E-state index in [1.54, 1.807) is 19.2 Å². The number of carbonyl (C=O) groups is 1. The number of nitrogen functional groups attached to an aromatic ring is 1. The molecule has 0 fully saturated rings. The number of hydrogen-bond donors (Lipinski definition) is 3. The van der Waals surface area contributed by atoms with Gasteiger partial charge >= 0.3 is 0 Å². The topological polar surface area (TPSA) is 85.6 Å². The molecule has 0 atom stereocenters. The van der Waals surface area contributed by atoms with Gasteiger partial charge in [0, 0.05) is 39.0 Å². The molecule has 0 spiro atoms. The Hall–Kier alpha value is -1.79. The number of nitrogens with two attached hydrogens (primary N) is 1. The molecule has 0 aromatic heterocycles. The average molecular weight is 295 g/mol. The molecule has 4 N–H and O–H groups in total. The standard InChI is InChI=1S/C15H25N3O3/c1-3-21-9-4-7-17-14-6-5-12(11-13(14)16)15(19)18-8-10-20-2/h5-6,11,17H,3-4,7-10,16H2,1-2H3,(H,18,19). The van der Waals surface area contributed by atoms with Gasteiger partial charge in [-0.05, 0) is 31.5 Å². The van der Waals surface area contributed by atoms with Gasteiger partial charge in [-0.1, -0.05) is 0 Å². The van der Waals surface area contributed by atoms with Crippen molar-refractivity contribution >= 4 is 17.3 Å². The summed E-state index contributed by atoms with van der Waals surface area (Å²) in [5.74, 6) is -0.151. The van der Waals surface area contributed by atoms with Crippen LogP contribution in [0.4, 0.5) is 11.4 Å². The Morgan fingerprint density at radius 3 is 2.76 bits per heavy atom. The average Bonchev–Trinajstić information content (AvgIpc) is 2.48. The number of benzene rings is 1. The Labute approximate surface area is 126 Å². The third-order valence-electron chi connectivity index (χ3n) is 2.89. The monoisotopic (exact) mass is 295 g/mol. The Morgan fingerprint density at radius 2 is 2.10 bits per heavy atom. The van der Waals surface area contributed by atoms with Crippen molar-refractivity contribution in [1.82, 2.24) is 5.32 Å². The van der Waals surface area contributed by atoms with E-state index in [1.807, 2.05) is 13.0 Å². The van der Waals surface area contributed by atoms with E-state index in [9.17, 15) is 4.79 Å². The van der Waals surface area contributed by atoms with Gasteiger partial charge in [-0.3, -0.25) is 4.79 Å². The van der Waals surface area contributed by atoms with Gasteiger partial charge in [-0.2, -0.15) is 0 Å². The van der Waals surface area contributed by atoms with Gasteiger partial charge in [-0.15, -0.1) is 0 Å². The third-order valence-corrected chi connectivity index (χ3v) is 2.89. The van der Waals surface area contributed by atoms with E-state index in [1.165, 1.54) is 0 Å². The first-order valence-corrected chi connectivity index (χ1v) is 7.17. The van der Waals surface area contributed by atoms with Crippen LogP contribution in [0.5, 0.6) is 0 Å². The van der Waals surface area contributed by atoms with Crippen molar-refractivity contribution in [3.05, 3.63) is 23.8 Å². The smallest absolute Gasteiger partial charge is 0.251 e. The lowest BCUT2D eigenvalue weighted by molar-refractivity contribution is 0.0937. The second kappa shape index (κ2) is 10.0. The summed E-state index contributed by atoms with van der Waals surface area (Å²) in [7, 11) is 1.59. The molecule has 21 heavy (non-hydrogen) atoms. The van der Waals surface area contributed by atoms with Crippen LogP contribution in [0.2, 0.25) is 0 Å². The van der Waals surface area contributed by atoms with Gasteiger partial charge in [0.05, 0.1) is 18.0 Å². The summed E-state index contributed by atoms with van der Waals surface area (Å²) >= 11 is 0. The zero-order valence-electron chi connectivity index (χ0n) is 12.8. The molecule has 0 heterocycles. The predicted octanol–water partition coefficient (Wildman–Crippen LogP) is 1.48. The maximum atomic E-state index is 11.9. The van der Waals surface area contributed by atoms with E-state index in [-0.39, 0.29) is 5.91 Å². The van der Waals surface area contributed by atoms with Gasteiger partial charge < -0.3 is 25.8 Å². The third kappa shape index (κ3) is 6.46. The quantitative estimate of drug-likeness (QED) is 0.450. The number of methoxy groups -OCH3 is 1. The molecule has 0 aliphatic carbocycles. The molecule has 6 heteroatoms. The minimum Gasteiger partial charge on any atom is -0.397 e. The lowest BCUT2D eigenvalue weighted by atomic mass is 10.1. The predicted molar refractivity (Wildman–Crippen MR) is 84.7 cm³/mol. The van der Waals surface area contributed by atoms with Gasteiger partial charge in [0.2, 0.25) is 0 Å². The van der Waals surface area contributed by atoms with Crippen molar-refractivity contribution in [2.75, 3.05) is 51.1 Å². The highest BCUT2D eigenvalue weighted by Crippen LogP contribution is 2.19. The van der Waals surface area contributed by atoms with E-state index >= 15 is 0 Å². The van der Waals surface area contributed by atoms with Crippen molar-refractivity contribution in [2.24, 2.45) is 0 Å². The summed E-state index contributed by atoms with van der Waals surface area (Å²) in [4.78, 5) is 11.9. The van der Waals surface area contributed by atoms with E-state index in [2.05, 4.69) is 10.6 Å². The van der Waals surface area contributed by atoms with Gasteiger partial charge in [0.25, 0.3) is 5.91 Å². The van der Waals surface area contributed by atoms with E-state index in [0.717, 1.165) is 31.9 Å². The van der Waals surface area contributed by atoms with Gasteiger partial charge in [0.1, 0.15) is 0 Å². The fraction of sp³-hybridized carbons (Fsp3) is 0.533. The molecule has 0 aliphatic rings. The van der Waals surface area contributed by atoms with Gasteiger partial charge in [0.15, 0.2) is 0 Å². The zero-order valence-corrected chi connectivity index (χ0v) is 12.8.